The van der Waals surface area contributed by atoms with Crippen molar-refractivity contribution in [3.8, 4) is 0 Å². The molecule has 3 heteroatoms. The lowest BCUT2D eigenvalue weighted by atomic mass is 10.0. The normalized spacial score (nSPS) is 32.6. The molecule has 1 atom stereocenters. The van der Waals surface area contributed by atoms with Crippen LogP contribution in [-0.2, 0) is 4.79 Å². The fraction of sp³-hybridized carbons (Fsp3) is 0.923. The van der Waals surface area contributed by atoms with E-state index in [1.54, 1.807) is 0 Å². The SMILES string of the molecule is CC1(C)C(C(=O)N2CCC[C@H](O)C2)C1(C)C. The zero-order valence-electron chi connectivity index (χ0n) is 10.8. The Kier molecular flexibility index (Phi) is 2.57. The summed E-state index contributed by atoms with van der Waals surface area (Å²) in [4.78, 5) is 14.2. The van der Waals surface area contributed by atoms with Crippen molar-refractivity contribution in [2.45, 2.75) is 46.6 Å². The lowest BCUT2D eigenvalue weighted by Crippen LogP contribution is -2.43. The van der Waals surface area contributed by atoms with E-state index in [4.69, 9.17) is 0 Å². The van der Waals surface area contributed by atoms with Crippen LogP contribution in [0.4, 0.5) is 0 Å². The van der Waals surface area contributed by atoms with Gasteiger partial charge in [0.25, 0.3) is 0 Å². The highest BCUT2D eigenvalue weighted by Gasteiger charge is 2.68. The highest BCUT2D eigenvalue weighted by Crippen LogP contribution is 2.68. The molecule has 3 nitrogen and oxygen atoms in total. The molecule has 1 saturated carbocycles. The van der Waals surface area contributed by atoms with Crippen molar-refractivity contribution in [2.75, 3.05) is 13.1 Å². The number of hydrogen-bond donors (Lipinski definition) is 1. The molecule has 2 rings (SSSR count). The molecule has 1 amide bonds. The lowest BCUT2D eigenvalue weighted by molar-refractivity contribution is -0.136. The van der Waals surface area contributed by atoms with Crippen LogP contribution in [0.3, 0.4) is 0 Å². The Hall–Kier alpha value is -0.570. The number of nitrogens with zero attached hydrogens (tertiary/aromatic N) is 1. The molecule has 2 aliphatic rings. The van der Waals surface area contributed by atoms with Gasteiger partial charge in [-0.2, -0.15) is 0 Å². The summed E-state index contributed by atoms with van der Waals surface area (Å²) in [6, 6.07) is 0. The smallest absolute Gasteiger partial charge is 0.226 e. The molecule has 1 aliphatic heterocycles. The van der Waals surface area contributed by atoms with Crippen LogP contribution in [-0.4, -0.2) is 35.1 Å². The molecular weight excluding hydrogens is 202 g/mol. The number of carbonyl (C=O) groups excluding carboxylic acids is 1. The predicted molar refractivity (Wildman–Crippen MR) is 62.9 cm³/mol. The van der Waals surface area contributed by atoms with Crippen LogP contribution in [0.15, 0.2) is 0 Å². The zero-order chi connectivity index (χ0) is 12.1. The van der Waals surface area contributed by atoms with Gasteiger partial charge < -0.3 is 10.0 Å². The second-order valence-corrected chi connectivity index (χ2v) is 6.46. The molecule has 0 unspecified atom stereocenters. The van der Waals surface area contributed by atoms with Gasteiger partial charge in [-0.05, 0) is 23.7 Å². The van der Waals surface area contributed by atoms with Gasteiger partial charge in [-0.25, -0.2) is 0 Å². The summed E-state index contributed by atoms with van der Waals surface area (Å²) < 4.78 is 0. The average Bonchev–Trinajstić information content (AvgIpc) is 2.56. The highest BCUT2D eigenvalue weighted by molar-refractivity contribution is 5.84. The van der Waals surface area contributed by atoms with Gasteiger partial charge in [0.1, 0.15) is 0 Å². The van der Waals surface area contributed by atoms with Crippen molar-refractivity contribution in [2.24, 2.45) is 16.7 Å². The second kappa shape index (κ2) is 3.46. The lowest BCUT2D eigenvalue weighted by Gasteiger charge is -2.30. The van der Waals surface area contributed by atoms with Gasteiger partial charge in [0, 0.05) is 19.0 Å². The number of rotatable bonds is 1. The van der Waals surface area contributed by atoms with E-state index in [9.17, 15) is 9.90 Å². The van der Waals surface area contributed by atoms with Crippen LogP contribution < -0.4 is 0 Å². The Morgan fingerprint density at radius 1 is 1.25 bits per heavy atom. The van der Waals surface area contributed by atoms with Gasteiger partial charge in [0.05, 0.1) is 6.10 Å². The number of β-amino-alcohol motifs (C(OH)–C–C–N with tert-alkyl or cyclic N) is 1. The first-order valence-electron chi connectivity index (χ1n) is 6.25. The summed E-state index contributed by atoms with van der Waals surface area (Å²) in [7, 11) is 0. The van der Waals surface area contributed by atoms with Gasteiger partial charge in [0.15, 0.2) is 0 Å². The predicted octanol–water partition coefficient (Wildman–Crippen LogP) is 1.65. The average molecular weight is 225 g/mol. The molecule has 2 fully saturated rings. The van der Waals surface area contributed by atoms with Crippen molar-refractivity contribution in [1.82, 2.24) is 4.90 Å². The van der Waals surface area contributed by atoms with Crippen LogP contribution in [0.1, 0.15) is 40.5 Å². The topological polar surface area (TPSA) is 40.5 Å². The molecule has 0 spiro atoms. The molecule has 0 radical (unpaired) electrons. The summed E-state index contributed by atoms with van der Waals surface area (Å²) in [5, 5.41) is 9.60. The summed E-state index contributed by atoms with van der Waals surface area (Å²) in [6.07, 6.45) is 1.45. The number of carbonyl (C=O) groups is 1. The fourth-order valence-electron chi connectivity index (χ4n) is 3.15. The van der Waals surface area contributed by atoms with E-state index in [1.165, 1.54) is 0 Å². The minimum Gasteiger partial charge on any atom is -0.391 e. The minimum atomic E-state index is -0.317. The number of aliphatic hydroxyl groups is 1. The van der Waals surface area contributed by atoms with E-state index in [2.05, 4.69) is 27.7 Å². The Morgan fingerprint density at radius 3 is 2.25 bits per heavy atom. The van der Waals surface area contributed by atoms with Gasteiger partial charge in [-0.1, -0.05) is 27.7 Å². The van der Waals surface area contributed by atoms with E-state index in [0.717, 1.165) is 19.4 Å². The molecule has 0 aromatic carbocycles. The first-order valence-corrected chi connectivity index (χ1v) is 6.25. The van der Waals surface area contributed by atoms with Crippen molar-refractivity contribution in [3.63, 3.8) is 0 Å². The van der Waals surface area contributed by atoms with Gasteiger partial charge in [-0.15, -0.1) is 0 Å². The maximum absolute atomic E-state index is 12.4. The number of piperidine rings is 1. The third-order valence-electron chi connectivity index (χ3n) is 4.98. The standard InChI is InChI=1S/C13H23NO2/c1-12(2)10(13(12,3)4)11(16)14-7-5-6-9(15)8-14/h9-10,15H,5-8H2,1-4H3/t9-/m0/s1. The van der Waals surface area contributed by atoms with Crippen molar-refractivity contribution < 1.29 is 9.90 Å². The Labute approximate surface area is 97.8 Å². The minimum absolute atomic E-state index is 0.104. The summed E-state index contributed by atoms with van der Waals surface area (Å²) >= 11 is 0. The van der Waals surface area contributed by atoms with Crippen LogP contribution in [0, 0.1) is 16.7 Å². The molecule has 1 aliphatic carbocycles. The fourth-order valence-corrected chi connectivity index (χ4v) is 3.15. The number of aliphatic hydroxyl groups excluding tert-OH is 1. The first-order chi connectivity index (χ1) is 7.28. The zero-order valence-corrected chi connectivity index (χ0v) is 10.8. The molecule has 1 N–H and O–H groups in total. The summed E-state index contributed by atoms with van der Waals surface area (Å²) in [5.41, 5.74) is 0.207. The van der Waals surface area contributed by atoms with E-state index >= 15 is 0 Å². The first kappa shape index (κ1) is 11.9. The molecule has 16 heavy (non-hydrogen) atoms. The quantitative estimate of drug-likeness (QED) is 0.737. The van der Waals surface area contributed by atoms with Crippen molar-refractivity contribution in [1.29, 1.82) is 0 Å². The Bertz CT molecular complexity index is 295. The van der Waals surface area contributed by atoms with Crippen LogP contribution in [0.5, 0.6) is 0 Å². The maximum atomic E-state index is 12.4. The number of hydrogen-bond acceptors (Lipinski definition) is 2. The van der Waals surface area contributed by atoms with Crippen LogP contribution in [0.25, 0.3) is 0 Å². The van der Waals surface area contributed by atoms with Crippen LogP contribution >= 0.6 is 0 Å². The van der Waals surface area contributed by atoms with Crippen LogP contribution in [0.2, 0.25) is 0 Å². The monoisotopic (exact) mass is 225 g/mol. The van der Waals surface area contributed by atoms with Gasteiger partial charge in [0.2, 0.25) is 5.91 Å². The van der Waals surface area contributed by atoms with Crippen molar-refractivity contribution in [3.05, 3.63) is 0 Å². The van der Waals surface area contributed by atoms with Crippen molar-refractivity contribution >= 4 is 5.91 Å². The van der Waals surface area contributed by atoms with Gasteiger partial charge >= 0.3 is 0 Å². The third-order valence-corrected chi connectivity index (χ3v) is 4.98. The number of likely N-dealkylation sites (tertiary alicyclic amines) is 1. The molecule has 1 heterocycles. The summed E-state index contributed by atoms with van der Waals surface area (Å²) in [5.74, 6) is 0.374. The second-order valence-electron chi connectivity index (χ2n) is 6.46. The molecule has 0 bridgehead atoms. The molecule has 92 valence electrons. The highest BCUT2D eigenvalue weighted by atomic mass is 16.3. The molecule has 0 aromatic heterocycles. The Morgan fingerprint density at radius 2 is 1.81 bits per heavy atom. The summed E-state index contributed by atoms with van der Waals surface area (Å²) in [6.45, 7) is 10.00. The van der Waals surface area contributed by atoms with Gasteiger partial charge in [-0.3, -0.25) is 4.79 Å². The Balaban J connectivity index is 2.04. The van der Waals surface area contributed by atoms with E-state index in [0.29, 0.717) is 6.54 Å². The van der Waals surface area contributed by atoms with E-state index < -0.39 is 0 Å². The third kappa shape index (κ3) is 1.56. The van der Waals surface area contributed by atoms with E-state index in [-0.39, 0.29) is 28.8 Å². The molecule has 1 saturated heterocycles. The number of amides is 1. The molecule has 0 aromatic rings. The maximum Gasteiger partial charge on any atom is 0.226 e. The van der Waals surface area contributed by atoms with E-state index in [1.807, 2.05) is 4.90 Å². The largest absolute Gasteiger partial charge is 0.391 e. The molecular formula is C13H23NO2.